The molecule has 1 fully saturated rings. The number of nitrogens with one attached hydrogen (secondary N) is 1. The topological polar surface area (TPSA) is 66.4 Å². The van der Waals surface area contributed by atoms with Gasteiger partial charge in [-0.25, -0.2) is 0 Å². The first kappa shape index (κ1) is 14.9. The van der Waals surface area contributed by atoms with Crippen LogP contribution in [-0.2, 0) is 22.4 Å². The van der Waals surface area contributed by atoms with Crippen LogP contribution in [0.4, 0.5) is 0 Å². The Labute approximate surface area is 132 Å². The van der Waals surface area contributed by atoms with Gasteiger partial charge >= 0.3 is 5.97 Å². The number of fused-ring (bicyclic) bond motifs is 1. The Morgan fingerprint density at radius 2 is 2.10 bits per heavy atom. The lowest BCUT2D eigenvalue weighted by Gasteiger charge is -2.15. The van der Waals surface area contributed by atoms with Gasteiger partial charge in [0.15, 0.2) is 0 Å². The maximum atomic E-state index is 12.4. The van der Waals surface area contributed by atoms with Gasteiger partial charge in [-0.2, -0.15) is 0 Å². The predicted molar refractivity (Wildman–Crippen MR) is 82.8 cm³/mol. The molecule has 0 amide bonds. The summed E-state index contributed by atoms with van der Waals surface area (Å²) in [6, 6.07) is 5.11. The molecule has 1 saturated heterocycles. The monoisotopic (exact) mass is 325 g/mol. The average Bonchev–Trinajstić information content (AvgIpc) is 3.03. The normalized spacial score (nSPS) is 27.6. The standard InChI is InChI=1S/C15H16ClNO3S/c16-11-2-1-9-3-8(4-10(9)6-11)5-12(18)14-13(15(19)20)17-7-21-14/h1-2,6,8,13-14,17H,3-5,7H2,(H,19,20)/t8?,13-,14?/m0/s1. The summed E-state index contributed by atoms with van der Waals surface area (Å²) in [6.07, 6.45) is 2.17. The number of rotatable bonds is 4. The van der Waals surface area contributed by atoms with Crippen molar-refractivity contribution in [1.82, 2.24) is 5.32 Å². The molecule has 0 radical (unpaired) electrons. The van der Waals surface area contributed by atoms with Crippen LogP contribution in [0.2, 0.25) is 5.02 Å². The highest BCUT2D eigenvalue weighted by Crippen LogP contribution is 2.33. The minimum atomic E-state index is -0.945. The maximum Gasteiger partial charge on any atom is 0.322 e. The molecule has 0 bridgehead atoms. The third kappa shape index (κ3) is 3.10. The summed E-state index contributed by atoms with van der Waals surface area (Å²) in [5, 5.41) is 12.2. The molecule has 112 valence electrons. The number of halogens is 1. The van der Waals surface area contributed by atoms with E-state index in [1.807, 2.05) is 18.2 Å². The minimum absolute atomic E-state index is 0.0429. The van der Waals surface area contributed by atoms with Gasteiger partial charge in [-0.05, 0) is 42.0 Å². The maximum absolute atomic E-state index is 12.4. The second kappa shape index (κ2) is 5.99. The lowest BCUT2D eigenvalue weighted by molar-refractivity contribution is -0.140. The van der Waals surface area contributed by atoms with Crippen molar-refractivity contribution in [1.29, 1.82) is 0 Å². The van der Waals surface area contributed by atoms with E-state index in [9.17, 15) is 9.59 Å². The Hall–Kier alpha value is -1.04. The molecule has 1 aromatic carbocycles. The van der Waals surface area contributed by atoms with Crippen LogP contribution in [0.5, 0.6) is 0 Å². The van der Waals surface area contributed by atoms with Crippen LogP contribution >= 0.6 is 23.4 Å². The number of hydrogen-bond donors (Lipinski definition) is 2. The van der Waals surface area contributed by atoms with Gasteiger partial charge in [-0.3, -0.25) is 14.9 Å². The zero-order valence-electron chi connectivity index (χ0n) is 11.3. The molecule has 1 heterocycles. The summed E-state index contributed by atoms with van der Waals surface area (Å²) in [6.45, 7) is 0. The first-order valence-electron chi connectivity index (χ1n) is 6.92. The molecule has 1 aromatic rings. The zero-order valence-corrected chi connectivity index (χ0v) is 12.9. The van der Waals surface area contributed by atoms with Gasteiger partial charge in [0.2, 0.25) is 0 Å². The van der Waals surface area contributed by atoms with Gasteiger partial charge in [-0.15, -0.1) is 11.8 Å². The van der Waals surface area contributed by atoms with Crippen molar-refractivity contribution in [3.63, 3.8) is 0 Å². The molecule has 0 saturated carbocycles. The van der Waals surface area contributed by atoms with Crippen LogP contribution < -0.4 is 5.32 Å². The van der Waals surface area contributed by atoms with E-state index >= 15 is 0 Å². The summed E-state index contributed by atoms with van der Waals surface area (Å²) in [5.74, 6) is -0.115. The lowest BCUT2D eigenvalue weighted by atomic mass is 9.96. The molecule has 6 heteroatoms. The molecular formula is C15H16ClNO3S. The molecule has 2 aliphatic rings. The number of aliphatic carboxylic acids is 1. The number of carbonyl (C=O) groups excluding carboxylic acids is 1. The van der Waals surface area contributed by atoms with Crippen LogP contribution in [0.3, 0.4) is 0 Å². The van der Waals surface area contributed by atoms with Crippen molar-refractivity contribution in [2.24, 2.45) is 5.92 Å². The smallest absolute Gasteiger partial charge is 0.322 e. The number of benzene rings is 1. The van der Waals surface area contributed by atoms with Gasteiger partial charge in [-0.1, -0.05) is 17.7 Å². The van der Waals surface area contributed by atoms with Gasteiger partial charge in [0.25, 0.3) is 0 Å². The van der Waals surface area contributed by atoms with Crippen molar-refractivity contribution in [2.45, 2.75) is 30.6 Å². The van der Waals surface area contributed by atoms with E-state index < -0.39 is 17.3 Å². The second-order valence-corrected chi connectivity index (χ2v) is 7.18. The molecule has 4 nitrogen and oxygen atoms in total. The minimum Gasteiger partial charge on any atom is -0.480 e. The Bertz CT molecular complexity index is 592. The van der Waals surface area contributed by atoms with E-state index in [1.165, 1.54) is 22.9 Å². The van der Waals surface area contributed by atoms with Crippen LogP contribution in [0.25, 0.3) is 0 Å². The Balaban J connectivity index is 1.63. The molecule has 0 spiro atoms. The number of carboxylic acids is 1. The summed E-state index contributed by atoms with van der Waals surface area (Å²) in [7, 11) is 0. The van der Waals surface area contributed by atoms with Crippen LogP contribution in [0.1, 0.15) is 17.5 Å². The highest BCUT2D eigenvalue weighted by molar-refractivity contribution is 8.00. The fourth-order valence-electron chi connectivity index (χ4n) is 3.15. The fourth-order valence-corrected chi connectivity index (χ4v) is 4.49. The van der Waals surface area contributed by atoms with Gasteiger partial charge in [0.05, 0.1) is 5.25 Å². The van der Waals surface area contributed by atoms with E-state index in [0.717, 1.165) is 17.9 Å². The molecule has 2 unspecified atom stereocenters. The molecular weight excluding hydrogens is 310 g/mol. The van der Waals surface area contributed by atoms with Crippen molar-refractivity contribution in [3.05, 3.63) is 34.3 Å². The first-order valence-corrected chi connectivity index (χ1v) is 8.35. The Kier molecular flexibility index (Phi) is 4.24. The molecule has 1 aliphatic carbocycles. The second-order valence-electron chi connectivity index (χ2n) is 5.61. The number of carbonyl (C=O) groups is 2. The van der Waals surface area contributed by atoms with E-state index in [-0.39, 0.29) is 11.7 Å². The molecule has 3 rings (SSSR count). The number of thioether (sulfide) groups is 1. The summed E-state index contributed by atoms with van der Waals surface area (Å²) < 4.78 is 0. The van der Waals surface area contributed by atoms with Crippen molar-refractivity contribution in [3.8, 4) is 0 Å². The van der Waals surface area contributed by atoms with Crippen molar-refractivity contribution < 1.29 is 14.7 Å². The number of carboxylic acid groups (broad SMARTS) is 1. The number of ketones is 1. The SMILES string of the molecule is O=C(CC1Cc2ccc(Cl)cc2C1)C1SCN[C@@H]1C(=O)O. The third-order valence-corrected chi connectivity index (χ3v) is 5.59. The van der Waals surface area contributed by atoms with E-state index in [1.54, 1.807) is 0 Å². The third-order valence-electron chi connectivity index (χ3n) is 4.13. The van der Waals surface area contributed by atoms with Gasteiger partial charge in [0.1, 0.15) is 11.8 Å². The van der Waals surface area contributed by atoms with Gasteiger partial charge in [0, 0.05) is 17.3 Å². The summed E-state index contributed by atoms with van der Waals surface area (Å²) in [4.78, 5) is 23.5. The quantitative estimate of drug-likeness (QED) is 0.887. The van der Waals surface area contributed by atoms with E-state index in [2.05, 4.69) is 5.32 Å². The van der Waals surface area contributed by atoms with E-state index in [0.29, 0.717) is 12.3 Å². The largest absolute Gasteiger partial charge is 0.480 e. The molecule has 1 aliphatic heterocycles. The van der Waals surface area contributed by atoms with Gasteiger partial charge < -0.3 is 5.11 Å². The molecule has 2 N–H and O–H groups in total. The Morgan fingerprint density at radius 1 is 1.33 bits per heavy atom. The lowest BCUT2D eigenvalue weighted by Crippen LogP contribution is -2.42. The molecule has 21 heavy (non-hydrogen) atoms. The highest BCUT2D eigenvalue weighted by atomic mass is 35.5. The van der Waals surface area contributed by atoms with Crippen molar-refractivity contribution >= 4 is 35.1 Å². The number of Topliss-reactive ketones (excluding diaryl/α,β-unsaturated/α-hetero) is 1. The van der Waals surface area contributed by atoms with Crippen LogP contribution in [0.15, 0.2) is 18.2 Å². The predicted octanol–water partition coefficient (Wildman–Crippen LogP) is 2.13. The molecule has 3 atom stereocenters. The van der Waals surface area contributed by atoms with E-state index in [4.69, 9.17) is 16.7 Å². The van der Waals surface area contributed by atoms with Crippen molar-refractivity contribution in [2.75, 3.05) is 5.88 Å². The van der Waals surface area contributed by atoms with Crippen LogP contribution in [0, 0.1) is 5.92 Å². The Morgan fingerprint density at radius 3 is 2.86 bits per heavy atom. The first-order chi connectivity index (χ1) is 10.0. The van der Waals surface area contributed by atoms with Crippen LogP contribution in [-0.4, -0.2) is 34.0 Å². The highest BCUT2D eigenvalue weighted by Gasteiger charge is 2.39. The number of hydrogen-bond acceptors (Lipinski definition) is 4. The summed E-state index contributed by atoms with van der Waals surface area (Å²) >= 11 is 7.38. The average molecular weight is 326 g/mol. The zero-order chi connectivity index (χ0) is 15.0. The fraction of sp³-hybridized carbons (Fsp3) is 0.467. The summed E-state index contributed by atoms with van der Waals surface area (Å²) in [5.41, 5.74) is 2.47. The molecule has 0 aromatic heterocycles.